The van der Waals surface area contributed by atoms with E-state index in [1.54, 1.807) is 13.0 Å². The summed E-state index contributed by atoms with van der Waals surface area (Å²) in [5.74, 6) is 0.753. The molecule has 0 aromatic carbocycles. The second-order valence-corrected chi connectivity index (χ2v) is 3.01. The van der Waals surface area contributed by atoms with Crippen LogP contribution < -0.4 is 0 Å². The monoisotopic (exact) mass is 150 g/mol. The molecule has 0 fully saturated rings. The van der Waals surface area contributed by atoms with Crippen molar-refractivity contribution in [3.63, 3.8) is 0 Å². The molecule has 1 aliphatic carbocycles. The second kappa shape index (κ2) is 4.12. The molecule has 0 radical (unpaired) electrons. The Kier molecular flexibility index (Phi) is 3.09. The number of carbonyl (C=O) groups is 1. The minimum Gasteiger partial charge on any atom is -0.295 e. The molecule has 0 heterocycles. The third-order valence-electron chi connectivity index (χ3n) is 1.91. The molecule has 0 aliphatic heterocycles. The van der Waals surface area contributed by atoms with E-state index in [-0.39, 0.29) is 5.78 Å². The van der Waals surface area contributed by atoms with Gasteiger partial charge in [0.1, 0.15) is 0 Å². The van der Waals surface area contributed by atoms with Gasteiger partial charge in [0.05, 0.1) is 0 Å². The molecule has 0 amide bonds. The first kappa shape index (κ1) is 8.25. The Morgan fingerprint density at radius 1 is 1.55 bits per heavy atom. The van der Waals surface area contributed by atoms with E-state index in [0.717, 1.165) is 12.8 Å². The number of rotatable bonds is 2. The maximum Gasteiger partial charge on any atom is 0.152 e. The normalized spacial score (nSPS) is 24.3. The van der Waals surface area contributed by atoms with Gasteiger partial charge in [0.25, 0.3) is 0 Å². The first-order valence-electron chi connectivity index (χ1n) is 4.13. The molecule has 0 aromatic rings. The molecule has 0 spiro atoms. The van der Waals surface area contributed by atoms with Crippen LogP contribution in [0.1, 0.15) is 26.2 Å². The van der Waals surface area contributed by atoms with Gasteiger partial charge in [-0.3, -0.25) is 4.79 Å². The Labute approximate surface area is 67.8 Å². The molecule has 11 heavy (non-hydrogen) atoms. The molecular weight excluding hydrogens is 136 g/mol. The molecule has 0 bridgehead atoms. The zero-order chi connectivity index (χ0) is 8.10. The van der Waals surface area contributed by atoms with E-state index >= 15 is 0 Å². The fourth-order valence-corrected chi connectivity index (χ4v) is 1.26. The van der Waals surface area contributed by atoms with Crippen molar-refractivity contribution in [3.05, 3.63) is 24.3 Å². The minimum absolute atomic E-state index is 0.152. The predicted octanol–water partition coefficient (Wildman–Crippen LogP) is 2.49. The number of allylic oxidation sites excluding steroid dienone is 4. The summed E-state index contributed by atoms with van der Waals surface area (Å²) in [6, 6.07) is 0. The van der Waals surface area contributed by atoms with Gasteiger partial charge < -0.3 is 0 Å². The van der Waals surface area contributed by atoms with Crippen LogP contribution in [-0.4, -0.2) is 5.78 Å². The molecule has 0 N–H and O–H groups in total. The molecule has 60 valence electrons. The Balaban J connectivity index is 2.37. The van der Waals surface area contributed by atoms with Gasteiger partial charge in [-0.25, -0.2) is 0 Å². The van der Waals surface area contributed by atoms with Crippen LogP contribution in [0.2, 0.25) is 0 Å². The van der Waals surface area contributed by atoms with Crippen molar-refractivity contribution in [2.24, 2.45) is 5.92 Å². The molecule has 0 saturated heterocycles. The predicted molar refractivity (Wildman–Crippen MR) is 46.3 cm³/mol. The Bertz CT molecular complexity index is 189. The van der Waals surface area contributed by atoms with Crippen molar-refractivity contribution in [3.8, 4) is 0 Å². The van der Waals surface area contributed by atoms with E-state index in [1.165, 1.54) is 6.42 Å². The molecule has 0 aromatic heterocycles. The van der Waals surface area contributed by atoms with Crippen molar-refractivity contribution in [1.82, 2.24) is 0 Å². The first-order valence-corrected chi connectivity index (χ1v) is 4.13. The van der Waals surface area contributed by atoms with E-state index in [9.17, 15) is 4.79 Å². The number of hydrogen-bond acceptors (Lipinski definition) is 1. The molecular formula is C10H14O. The number of hydrogen-bond donors (Lipinski definition) is 0. The van der Waals surface area contributed by atoms with Gasteiger partial charge in [-0.05, 0) is 38.2 Å². The molecule has 1 unspecified atom stereocenters. The summed E-state index contributed by atoms with van der Waals surface area (Å²) in [7, 11) is 0. The van der Waals surface area contributed by atoms with Crippen LogP contribution in [0, 0.1) is 5.92 Å². The van der Waals surface area contributed by atoms with Crippen molar-refractivity contribution in [1.29, 1.82) is 0 Å². The van der Waals surface area contributed by atoms with Crippen molar-refractivity contribution < 1.29 is 4.79 Å². The number of ketones is 1. The van der Waals surface area contributed by atoms with Gasteiger partial charge >= 0.3 is 0 Å². The van der Waals surface area contributed by atoms with Crippen LogP contribution >= 0.6 is 0 Å². The first-order chi connectivity index (χ1) is 5.29. The van der Waals surface area contributed by atoms with Gasteiger partial charge in [0, 0.05) is 0 Å². The lowest BCUT2D eigenvalue weighted by Gasteiger charge is -2.12. The quantitative estimate of drug-likeness (QED) is 0.436. The average molecular weight is 150 g/mol. The fraction of sp³-hybridized carbons (Fsp3) is 0.500. The summed E-state index contributed by atoms with van der Waals surface area (Å²) < 4.78 is 0. The van der Waals surface area contributed by atoms with E-state index in [2.05, 4.69) is 12.2 Å². The minimum atomic E-state index is 0.152. The Hall–Kier alpha value is -0.850. The van der Waals surface area contributed by atoms with Gasteiger partial charge in [0.15, 0.2) is 5.78 Å². The van der Waals surface area contributed by atoms with Crippen LogP contribution in [0.5, 0.6) is 0 Å². The van der Waals surface area contributed by atoms with E-state index in [4.69, 9.17) is 0 Å². The zero-order valence-electron chi connectivity index (χ0n) is 6.92. The highest BCUT2D eigenvalue weighted by Crippen LogP contribution is 2.18. The summed E-state index contributed by atoms with van der Waals surface area (Å²) in [5.41, 5.74) is 0. The fourth-order valence-electron chi connectivity index (χ4n) is 1.26. The standard InChI is InChI=1S/C10H14O/c1-9(11)7-8-10-5-3-2-4-6-10/h2-3,7-8,10H,4-6H2,1H3. The van der Waals surface area contributed by atoms with Crippen molar-refractivity contribution in [2.75, 3.05) is 0 Å². The van der Waals surface area contributed by atoms with Crippen molar-refractivity contribution >= 4 is 5.78 Å². The maximum atomic E-state index is 10.6. The Morgan fingerprint density at radius 3 is 2.91 bits per heavy atom. The lowest BCUT2D eigenvalue weighted by Crippen LogP contribution is -1.98. The summed E-state index contributed by atoms with van der Waals surface area (Å²) >= 11 is 0. The van der Waals surface area contributed by atoms with Crippen molar-refractivity contribution in [2.45, 2.75) is 26.2 Å². The highest BCUT2D eigenvalue weighted by molar-refractivity contribution is 5.87. The molecule has 1 rings (SSSR count). The summed E-state index contributed by atoms with van der Waals surface area (Å²) in [5, 5.41) is 0. The molecule has 1 aliphatic rings. The molecule has 0 saturated carbocycles. The summed E-state index contributed by atoms with van der Waals surface area (Å²) in [4.78, 5) is 10.6. The topological polar surface area (TPSA) is 17.1 Å². The van der Waals surface area contributed by atoms with Crippen LogP contribution in [-0.2, 0) is 4.79 Å². The van der Waals surface area contributed by atoms with E-state index in [0.29, 0.717) is 5.92 Å². The largest absolute Gasteiger partial charge is 0.295 e. The highest BCUT2D eigenvalue weighted by atomic mass is 16.1. The van der Waals surface area contributed by atoms with Crippen LogP contribution in [0.15, 0.2) is 24.3 Å². The third kappa shape index (κ3) is 3.17. The van der Waals surface area contributed by atoms with E-state index < -0.39 is 0 Å². The summed E-state index contributed by atoms with van der Waals surface area (Å²) in [6.45, 7) is 1.59. The molecule has 1 nitrogen and oxygen atoms in total. The van der Waals surface area contributed by atoms with Gasteiger partial charge in [-0.2, -0.15) is 0 Å². The van der Waals surface area contributed by atoms with Gasteiger partial charge in [-0.15, -0.1) is 0 Å². The Morgan fingerprint density at radius 2 is 2.36 bits per heavy atom. The second-order valence-electron chi connectivity index (χ2n) is 3.01. The van der Waals surface area contributed by atoms with Crippen LogP contribution in [0.25, 0.3) is 0 Å². The SMILES string of the molecule is CC(=O)C=CC1CC=CCC1. The lowest BCUT2D eigenvalue weighted by molar-refractivity contribution is -0.112. The smallest absolute Gasteiger partial charge is 0.152 e. The summed E-state index contributed by atoms with van der Waals surface area (Å²) in [6.07, 6.45) is 11.6. The van der Waals surface area contributed by atoms with Crippen LogP contribution in [0.4, 0.5) is 0 Å². The molecule has 1 heteroatoms. The molecule has 1 atom stereocenters. The number of carbonyl (C=O) groups excluding carboxylic acids is 1. The van der Waals surface area contributed by atoms with E-state index in [1.807, 2.05) is 6.08 Å². The van der Waals surface area contributed by atoms with Crippen LogP contribution in [0.3, 0.4) is 0 Å². The lowest BCUT2D eigenvalue weighted by atomic mass is 9.94. The average Bonchev–Trinajstić information content (AvgIpc) is 2.03. The van der Waals surface area contributed by atoms with Gasteiger partial charge in [0.2, 0.25) is 0 Å². The highest BCUT2D eigenvalue weighted by Gasteiger charge is 2.04. The zero-order valence-corrected chi connectivity index (χ0v) is 6.92. The van der Waals surface area contributed by atoms with Gasteiger partial charge in [-0.1, -0.05) is 18.2 Å². The third-order valence-corrected chi connectivity index (χ3v) is 1.91. The maximum absolute atomic E-state index is 10.6.